The van der Waals surface area contributed by atoms with Gasteiger partial charge in [0.15, 0.2) is 6.33 Å². The average molecular weight is 395 g/mol. The minimum Gasteiger partial charge on any atom is -0.406 e. The molecule has 148 valence electrons. The van der Waals surface area contributed by atoms with E-state index in [1.165, 1.54) is 30.6 Å². The molecule has 7 nitrogen and oxygen atoms in total. The number of rotatable bonds is 5. The Morgan fingerprint density at radius 2 is 1.79 bits per heavy atom. The molecule has 0 unspecified atom stereocenters. The van der Waals surface area contributed by atoms with E-state index in [9.17, 15) is 18.0 Å². The van der Waals surface area contributed by atoms with Crippen LogP contribution in [0.4, 0.5) is 13.2 Å². The number of amides is 1. The second-order valence-corrected chi connectivity index (χ2v) is 5.16. The molecule has 2 aromatic carbocycles. The van der Waals surface area contributed by atoms with Crippen molar-refractivity contribution >= 4 is 5.91 Å². The third-order valence-corrected chi connectivity index (χ3v) is 3.13. The van der Waals surface area contributed by atoms with Crippen LogP contribution in [0.5, 0.6) is 5.75 Å². The predicted molar refractivity (Wildman–Crippen MR) is 92.3 cm³/mol. The van der Waals surface area contributed by atoms with Gasteiger partial charge in [-0.15, -0.1) is 13.2 Å². The molecular weight excluding hydrogens is 379 g/mol. The standard InChI is InChI=1S/C9H5F3N2O2.C9H11NO2/c10-9(11,12)15-7-3-1-6(2-4-7)8-13-5-14-16-8;11-7-6-10-9(12)8-4-2-1-3-5-8/h1-5H;1-5,11H,6-7H2,(H,10,12). The average Bonchev–Trinajstić information content (AvgIpc) is 3.21. The number of ether oxygens (including phenoxy) is 1. The van der Waals surface area contributed by atoms with Crippen molar-refractivity contribution in [1.82, 2.24) is 15.5 Å². The van der Waals surface area contributed by atoms with Crippen molar-refractivity contribution in [2.24, 2.45) is 0 Å². The van der Waals surface area contributed by atoms with Crippen LogP contribution in [0.15, 0.2) is 65.4 Å². The molecule has 1 heterocycles. The zero-order valence-corrected chi connectivity index (χ0v) is 14.4. The van der Waals surface area contributed by atoms with Crippen LogP contribution >= 0.6 is 0 Å². The van der Waals surface area contributed by atoms with E-state index in [1.807, 2.05) is 6.07 Å². The van der Waals surface area contributed by atoms with E-state index in [0.29, 0.717) is 17.7 Å². The van der Waals surface area contributed by atoms with Crippen LogP contribution in [0.1, 0.15) is 10.4 Å². The molecule has 10 heteroatoms. The van der Waals surface area contributed by atoms with E-state index in [2.05, 4.69) is 20.2 Å². The van der Waals surface area contributed by atoms with Crippen molar-refractivity contribution in [3.63, 3.8) is 0 Å². The molecule has 2 N–H and O–H groups in total. The SMILES string of the molecule is FC(F)(F)Oc1ccc(-c2ncno2)cc1.O=C(NCCO)c1ccccc1. The first-order chi connectivity index (χ1) is 13.4. The van der Waals surface area contributed by atoms with Crippen molar-refractivity contribution in [3.05, 3.63) is 66.5 Å². The number of aliphatic hydroxyl groups excluding tert-OH is 1. The number of nitrogens with zero attached hydrogens (tertiary/aromatic N) is 2. The molecule has 0 radical (unpaired) electrons. The highest BCUT2D eigenvalue weighted by molar-refractivity contribution is 5.94. The molecule has 3 rings (SSSR count). The molecule has 0 bridgehead atoms. The molecule has 1 aromatic heterocycles. The Hall–Kier alpha value is -3.40. The van der Waals surface area contributed by atoms with Gasteiger partial charge in [0.25, 0.3) is 11.8 Å². The normalized spacial score (nSPS) is 10.6. The van der Waals surface area contributed by atoms with E-state index in [-0.39, 0.29) is 24.2 Å². The van der Waals surface area contributed by atoms with Crippen LogP contribution in [0, 0.1) is 0 Å². The first-order valence-electron chi connectivity index (χ1n) is 7.96. The van der Waals surface area contributed by atoms with Gasteiger partial charge in [-0.05, 0) is 36.4 Å². The van der Waals surface area contributed by atoms with Gasteiger partial charge in [-0.1, -0.05) is 23.4 Å². The lowest BCUT2D eigenvalue weighted by molar-refractivity contribution is -0.274. The molecule has 0 saturated heterocycles. The lowest BCUT2D eigenvalue weighted by atomic mass is 10.2. The molecule has 0 aliphatic rings. The van der Waals surface area contributed by atoms with Gasteiger partial charge >= 0.3 is 6.36 Å². The van der Waals surface area contributed by atoms with Crippen molar-refractivity contribution in [2.45, 2.75) is 6.36 Å². The number of carbonyl (C=O) groups is 1. The Kier molecular flexibility index (Phi) is 7.52. The van der Waals surface area contributed by atoms with E-state index < -0.39 is 6.36 Å². The summed E-state index contributed by atoms with van der Waals surface area (Å²) in [6, 6.07) is 14.0. The highest BCUT2D eigenvalue weighted by Gasteiger charge is 2.31. The van der Waals surface area contributed by atoms with Crippen molar-refractivity contribution in [2.75, 3.05) is 13.2 Å². The van der Waals surface area contributed by atoms with E-state index in [1.54, 1.807) is 24.3 Å². The Labute approximate surface area is 157 Å². The van der Waals surface area contributed by atoms with Crippen LogP contribution < -0.4 is 10.1 Å². The fourth-order valence-electron chi connectivity index (χ4n) is 1.96. The summed E-state index contributed by atoms with van der Waals surface area (Å²) in [5.41, 5.74) is 1.14. The van der Waals surface area contributed by atoms with Crippen LogP contribution in [0.25, 0.3) is 11.5 Å². The molecule has 28 heavy (non-hydrogen) atoms. The van der Waals surface area contributed by atoms with Gasteiger partial charge < -0.3 is 19.7 Å². The topological polar surface area (TPSA) is 97.5 Å². The lowest BCUT2D eigenvalue weighted by Gasteiger charge is -2.08. The molecule has 3 aromatic rings. The van der Waals surface area contributed by atoms with Gasteiger partial charge in [-0.2, -0.15) is 4.98 Å². The number of alkyl halides is 3. The number of carbonyl (C=O) groups excluding carboxylic acids is 1. The number of hydrogen-bond acceptors (Lipinski definition) is 6. The van der Waals surface area contributed by atoms with Crippen molar-refractivity contribution in [1.29, 1.82) is 0 Å². The molecule has 1 amide bonds. The zero-order valence-electron chi connectivity index (χ0n) is 14.4. The van der Waals surface area contributed by atoms with E-state index in [0.717, 1.165) is 0 Å². The monoisotopic (exact) mass is 395 g/mol. The minimum absolute atomic E-state index is 0.0292. The molecule has 0 saturated carbocycles. The molecular formula is C18H16F3N3O4. The van der Waals surface area contributed by atoms with Gasteiger partial charge in [0.1, 0.15) is 5.75 Å². The second-order valence-electron chi connectivity index (χ2n) is 5.16. The highest BCUT2D eigenvalue weighted by atomic mass is 19.4. The van der Waals surface area contributed by atoms with E-state index >= 15 is 0 Å². The smallest absolute Gasteiger partial charge is 0.406 e. The van der Waals surface area contributed by atoms with Gasteiger partial charge in [-0.3, -0.25) is 4.79 Å². The summed E-state index contributed by atoms with van der Waals surface area (Å²) in [6.07, 6.45) is -3.48. The van der Waals surface area contributed by atoms with Crippen molar-refractivity contribution in [3.8, 4) is 17.2 Å². The quantitative estimate of drug-likeness (QED) is 0.689. The third-order valence-electron chi connectivity index (χ3n) is 3.13. The fraction of sp³-hybridized carbons (Fsp3) is 0.167. The van der Waals surface area contributed by atoms with Gasteiger partial charge in [-0.25, -0.2) is 0 Å². The number of aliphatic hydroxyl groups is 1. The first kappa shape index (κ1) is 20.9. The molecule has 0 aliphatic heterocycles. The molecule has 0 atom stereocenters. The minimum atomic E-state index is -4.69. The summed E-state index contributed by atoms with van der Waals surface area (Å²) >= 11 is 0. The third kappa shape index (κ3) is 7.08. The Morgan fingerprint density at radius 1 is 1.11 bits per heavy atom. The first-order valence-corrected chi connectivity index (χ1v) is 7.96. The maximum Gasteiger partial charge on any atom is 0.573 e. The van der Waals surface area contributed by atoms with Crippen LogP contribution in [-0.4, -0.2) is 40.7 Å². The number of nitrogens with one attached hydrogen (secondary N) is 1. The summed E-state index contributed by atoms with van der Waals surface area (Å²) in [6.45, 7) is 0.270. The van der Waals surface area contributed by atoms with Crippen LogP contribution in [0.2, 0.25) is 0 Å². The number of halogens is 3. The summed E-state index contributed by atoms with van der Waals surface area (Å²) < 4.78 is 44.0. The Morgan fingerprint density at radius 3 is 2.32 bits per heavy atom. The fourth-order valence-corrected chi connectivity index (χ4v) is 1.96. The summed E-state index contributed by atoms with van der Waals surface area (Å²) in [4.78, 5) is 14.9. The zero-order chi connectivity index (χ0) is 20.4. The molecule has 0 spiro atoms. The molecule has 0 fully saturated rings. The Bertz CT molecular complexity index is 839. The highest BCUT2D eigenvalue weighted by Crippen LogP contribution is 2.25. The van der Waals surface area contributed by atoms with E-state index in [4.69, 9.17) is 9.63 Å². The molecule has 0 aliphatic carbocycles. The maximum absolute atomic E-state index is 11.9. The largest absolute Gasteiger partial charge is 0.573 e. The van der Waals surface area contributed by atoms with Gasteiger partial charge in [0.2, 0.25) is 0 Å². The summed E-state index contributed by atoms with van der Waals surface area (Å²) in [5.74, 6) is -0.209. The number of hydrogen-bond donors (Lipinski definition) is 2. The lowest BCUT2D eigenvalue weighted by Crippen LogP contribution is -2.26. The summed E-state index contributed by atoms with van der Waals surface area (Å²) in [5, 5.41) is 14.4. The van der Waals surface area contributed by atoms with Gasteiger partial charge in [0, 0.05) is 17.7 Å². The van der Waals surface area contributed by atoms with Crippen molar-refractivity contribution < 1.29 is 32.3 Å². The maximum atomic E-state index is 11.9. The number of aromatic nitrogens is 2. The second kappa shape index (κ2) is 10.1. The number of benzene rings is 2. The Balaban J connectivity index is 0.000000209. The van der Waals surface area contributed by atoms with Crippen LogP contribution in [-0.2, 0) is 0 Å². The predicted octanol–water partition coefficient (Wildman–Crippen LogP) is 3.04. The summed E-state index contributed by atoms with van der Waals surface area (Å²) in [7, 11) is 0. The van der Waals surface area contributed by atoms with Gasteiger partial charge in [0.05, 0.1) is 6.61 Å². The van der Waals surface area contributed by atoms with Crippen LogP contribution in [0.3, 0.4) is 0 Å².